The molecule has 1 aliphatic heterocycles. The molecule has 1 N–H and O–H groups in total. The number of hydrogen-bond acceptors (Lipinski definition) is 4. The molecular weight excluding hydrogens is 206 g/mol. The molecule has 0 amide bonds. The Bertz CT molecular complexity index is 335. The molecule has 1 fully saturated rings. The standard InChI is InChI=1S/C8H15NO4S/c1-9(2)8(7(10)11)4-3-5-14(12,13)6-8/h3-6H2,1-2H3,(H,10,11). The van der Waals surface area contributed by atoms with E-state index in [2.05, 4.69) is 0 Å². The van der Waals surface area contributed by atoms with E-state index in [0.29, 0.717) is 12.8 Å². The average molecular weight is 221 g/mol. The van der Waals surface area contributed by atoms with E-state index in [4.69, 9.17) is 5.11 Å². The van der Waals surface area contributed by atoms with Gasteiger partial charge in [-0.3, -0.25) is 9.69 Å². The van der Waals surface area contributed by atoms with Gasteiger partial charge < -0.3 is 5.11 Å². The Balaban J connectivity index is 3.06. The summed E-state index contributed by atoms with van der Waals surface area (Å²) in [7, 11) is 0.00933. The molecule has 6 heteroatoms. The SMILES string of the molecule is CN(C)C1(C(=O)O)CCCS(=O)(=O)C1. The van der Waals surface area contributed by atoms with Crippen molar-refractivity contribution in [1.82, 2.24) is 4.90 Å². The van der Waals surface area contributed by atoms with Gasteiger partial charge in [-0.1, -0.05) is 0 Å². The van der Waals surface area contributed by atoms with Crippen molar-refractivity contribution < 1.29 is 18.3 Å². The summed E-state index contributed by atoms with van der Waals surface area (Å²) >= 11 is 0. The summed E-state index contributed by atoms with van der Waals surface area (Å²) in [6.07, 6.45) is 0.821. The summed E-state index contributed by atoms with van der Waals surface area (Å²) in [6, 6.07) is 0. The third-order valence-corrected chi connectivity index (χ3v) is 4.59. The van der Waals surface area contributed by atoms with Crippen molar-refractivity contribution in [3.8, 4) is 0 Å². The highest BCUT2D eigenvalue weighted by molar-refractivity contribution is 7.91. The van der Waals surface area contributed by atoms with E-state index in [1.54, 1.807) is 14.1 Å². The molecule has 0 aromatic rings. The van der Waals surface area contributed by atoms with Gasteiger partial charge in [-0.2, -0.15) is 0 Å². The molecule has 0 aliphatic carbocycles. The van der Waals surface area contributed by atoms with Crippen LogP contribution in [0.3, 0.4) is 0 Å². The maximum Gasteiger partial charge on any atom is 0.325 e. The van der Waals surface area contributed by atoms with Crippen molar-refractivity contribution in [3.63, 3.8) is 0 Å². The van der Waals surface area contributed by atoms with Gasteiger partial charge >= 0.3 is 5.97 Å². The molecule has 1 heterocycles. The quantitative estimate of drug-likeness (QED) is 0.685. The van der Waals surface area contributed by atoms with Gasteiger partial charge in [-0.15, -0.1) is 0 Å². The number of rotatable bonds is 2. The molecule has 0 bridgehead atoms. The maximum atomic E-state index is 11.4. The van der Waals surface area contributed by atoms with E-state index >= 15 is 0 Å². The number of carbonyl (C=O) groups is 1. The number of likely N-dealkylation sites (N-methyl/N-ethyl adjacent to an activating group) is 1. The van der Waals surface area contributed by atoms with E-state index < -0.39 is 21.3 Å². The van der Waals surface area contributed by atoms with Crippen molar-refractivity contribution in [2.75, 3.05) is 25.6 Å². The Hall–Kier alpha value is -0.620. The summed E-state index contributed by atoms with van der Waals surface area (Å²) in [4.78, 5) is 12.6. The van der Waals surface area contributed by atoms with Crippen LogP contribution in [0, 0.1) is 0 Å². The maximum absolute atomic E-state index is 11.4. The van der Waals surface area contributed by atoms with Crippen LogP contribution in [-0.4, -0.2) is 55.5 Å². The van der Waals surface area contributed by atoms with Crippen molar-refractivity contribution in [2.45, 2.75) is 18.4 Å². The first-order chi connectivity index (χ1) is 6.30. The zero-order valence-electron chi connectivity index (χ0n) is 8.36. The molecule has 1 unspecified atom stereocenters. The van der Waals surface area contributed by atoms with Crippen LogP contribution < -0.4 is 0 Å². The lowest BCUT2D eigenvalue weighted by molar-refractivity contribution is -0.149. The van der Waals surface area contributed by atoms with Crippen LogP contribution in [0.4, 0.5) is 0 Å². The summed E-state index contributed by atoms with van der Waals surface area (Å²) in [5.74, 6) is -1.22. The number of carboxylic acid groups (broad SMARTS) is 1. The van der Waals surface area contributed by atoms with E-state index in [1.165, 1.54) is 4.90 Å². The highest BCUT2D eigenvalue weighted by atomic mass is 32.2. The normalized spacial score (nSPS) is 31.6. The zero-order chi connectivity index (χ0) is 11.0. The molecule has 1 atom stereocenters. The summed E-state index contributed by atoms with van der Waals surface area (Å²) in [5.41, 5.74) is -1.23. The lowest BCUT2D eigenvalue weighted by Crippen LogP contribution is -2.58. The van der Waals surface area contributed by atoms with Crippen molar-refractivity contribution in [3.05, 3.63) is 0 Å². The predicted molar refractivity (Wildman–Crippen MR) is 51.9 cm³/mol. The van der Waals surface area contributed by atoms with Crippen LogP contribution in [0.15, 0.2) is 0 Å². The zero-order valence-corrected chi connectivity index (χ0v) is 9.17. The molecule has 0 saturated carbocycles. The fourth-order valence-electron chi connectivity index (χ4n) is 1.81. The van der Waals surface area contributed by atoms with E-state index in [9.17, 15) is 13.2 Å². The topological polar surface area (TPSA) is 74.7 Å². The van der Waals surface area contributed by atoms with E-state index in [1.807, 2.05) is 0 Å². The van der Waals surface area contributed by atoms with Crippen LogP contribution in [0.2, 0.25) is 0 Å². The first-order valence-corrected chi connectivity index (χ1v) is 6.23. The fraction of sp³-hybridized carbons (Fsp3) is 0.875. The predicted octanol–water partition coefficient (Wildman–Crippen LogP) is -0.420. The minimum absolute atomic E-state index is 0.107. The first-order valence-electron chi connectivity index (χ1n) is 4.41. The van der Waals surface area contributed by atoms with Gasteiger partial charge in [0.2, 0.25) is 0 Å². The first kappa shape index (κ1) is 11.5. The Kier molecular flexibility index (Phi) is 2.87. The average Bonchev–Trinajstić information content (AvgIpc) is 2.01. The van der Waals surface area contributed by atoms with Gasteiger partial charge in [0.05, 0.1) is 11.5 Å². The smallest absolute Gasteiger partial charge is 0.325 e. The van der Waals surface area contributed by atoms with Gasteiger partial charge in [0.15, 0.2) is 9.84 Å². The Labute approximate surface area is 83.6 Å². The molecular formula is C8H15NO4S. The third-order valence-electron chi connectivity index (χ3n) is 2.76. The summed E-state index contributed by atoms with van der Waals surface area (Å²) in [6.45, 7) is 0. The van der Waals surface area contributed by atoms with Gasteiger partial charge in [0.25, 0.3) is 0 Å². The Morgan fingerprint density at radius 1 is 1.43 bits per heavy atom. The molecule has 0 aromatic carbocycles. The molecule has 0 aromatic heterocycles. The molecule has 1 aliphatic rings. The molecule has 1 saturated heterocycles. The largest absolute Gasteiger partial charge is 0.480 e. The van der Waals surface area contributed by atoms with Crippen LogP contribution in [0.1, 0.15) is 12.8 Å². The molecule has 14 heavy (non-hydrogen) atoms. The van der Waals surface area contributed by atoms with Crippen molar-refractivity contribution >= 4 is 15.8 Å². The molecule has 82 valence electrons. The second-order valence-electron chi connectivity index (χ2n) is 3.93. The van der Waals surface area contributed by atoms with Gasteiger partial charge in [0, 0.05) is 0 Å². The molecule has 0 radical (unpaired) electrons. The van der Waals surface area contributed by atoms with Crippen molar-refractivity contribution in [1.29, 1.82) is 0 Å². The number of sulfone groups is 1. The minimum Gasteiger partial charge on any atom is -0.480 e. The summed E-state index contributed by atoms with van der Waals surface area (Å²) in [5, 5.41) is 9.09. The number of nitrogens with zero attached hydrogens (tertiary/aromatic N) is 1. The second kappa shape index (κ2) is 3.51. The fourth-order valence-corrected chi connectivity index (χ4v) is 3.79. The number of aliphatic carboxylic acids is 1. The Morgan fingerprint density at radius 2 is 2.00 bits per heavy atom. The Morgan fingerprint density at radius 3 is 2.29 bits per heavy atom. The van der Waals surface area contributed by atoms with Crippen LogP contribution in [0.25, 0.3) is 0 Å². The van der Waals surface area contributed by atoms with Crippen LogP contribution in [-0.2, 0) is 14.6 Å². The molecule has 5 nitrogen and oxygen atoms in total. The van der Waals surface area contributed by atoms with Gasteiger partial charge in [-0.25, -0.2) is 8.42 Å². The number of hydrogen-bond donors (Lipinski definition) is 1. The lowest BCUT2D eigenvalue weighted by atomic mass is 9.94. The number of carboxylic acids is 1. The van der Waals surface area contributed by atoms with E-state index in [0.717, 1.165) is 0 Å². The second-order valence-corrected chi connectivity index (χ2v) is 6.11. The monoisotopic (exact) mass is 221 g/mol. The van der Waals surface area contributed by atoms with E-state index in [-0.39, 0.29) is 11.5 Å². The minimum atomic E-state index is -3.20. The summed E-state index contributed by atoms with van der Waals surface area (Å²) < 4.78 is 22.8. The highest BCUT2D eigenvalue weighted by Gasteiger charge is 2.47. The van der Waals surface area contributed by atoms with Crippen LogP contribution in [0.5, 0.6) is 0 Å². The molecule has 1 rings (SSSR count). The van der Waals surface area contributed by atoms with Crippen molar-refractivity contribution in [2.24, 2.45) is 0 Å². The highest BCUT2D eigenvalue weighted by Crippen LogP contribution is 2.27. The van der Waals surface area contributed by atoms with Crippen LogP contribution >= 0.6 is 0 Å². The molecule has 0 spiro atoms. The third kappa shape index (κ3) is 1.90. The lowest BCUT2D eigenvalue weighted by Gasteiger charge is -2.38. The van der Waals surface area contributed by atoms with Gasteiger partial charge in [-0.05, 0) is 26.9 Å². The van der Waals surface area contributed by atoms with Gasteiger partial charge in [0.1, 0.15) is 5.54 Å².